The molecule has 142 valence electrons. The van der Waals surface area contributed by atoms with Gasteiger partial charge < -0.3 is 10.6 Å². The van der Waals surface area contributed by atoms with Crippen molar-refractivity contribution in [3.8, 4) is 0 Å². The molecule has 0 spiro atoms. The Balaban J connectivity index is 2.16. The summed E-state index contributed by atoms with van der Waals surface area (Å²) in [5.74, 6) is 0.217. The summed E-state index contributed by atoms with van der Waals surface area (Å²) in [6.45, 7) is 1.73. The first-order valence-corrected chi connectivity index (χ1v) is 10.4. The largest absolute Gasteiger partial charge is 0.353 e. The number of nitrogens with one attached hydrogen (secondary N) is 2. The Morgan fingerprint density at radius 2 is 1.58 bits per heavy atom. The Morgan fingerprint density at radius 1 is 0.962 bits per heavy atom. The summed E-state index contributed by atoms with van der Waals surface area (Å²) >= 11 is 0. The zero-order chi connectivity index (χ0) is 19.4. The molecule has 1 heterocycles. The number of nitrogens with zero attached hydrogens (tertiary/aromatic N) is 3. The highest BCUT2D eigenvalue weighted by Crippen LogP contribution is 2.17. The molecule has 2 rings (SSSR count). The van der Waals surface area contributed by atoms with Gasteiger partial charge in [-0.05, 0) is 24.3 Å². The van der Waals surface area contributed by atoms with Gasteiger partial charge >= 0.3 is 0 Å². The average molecular weight is 403 g/mol. The van der Waals surface area contributed by atoms with Crippen molar-refractivity contribution in [3.05, 3.63) is 30.1 Å². The Morgan fingerprint density at radius 3 is 2.12 bits per heavy atom. The maximum absolute atomic E-state index is 11.0. The van der Waals surface area contributed by atoms with Gasteiger partial charge in [0.25, 0.3) is 20.2 Å². The van der Waals surface area contributed by atoms with E-state index in [2.05, 4.69) is 25.6 Å². The standard InChI is InChI=1S/C13H17N5O6S2/c1-2-11-16-12(14-7-8-25(19,20)21)18-13(17-11)15-9-3-5-10(6-4-9)26(22,23)24/h3-6H,2,7-8H2,1H3,(H,19,20,21)(H,22,23,24)(H2,14,15,16,17,18). The van der Waals surface area contributed by atoms with Crippen LogP contribution in [0.2, 0.25) is 0 Å². The van der Waals surface area contributed by atoms with E-state index < -0.39 is 26.0 Å². The van der Waals surface area contributed by atoms with Gasteiger partial charge in [0.15, 0.2) is 0 Å². The van der Waals surface area contributed by atoms with E-state index in [4.69, 9.17) is 9.11 Å². The lowest BCUT2D eigenvalue weighted by Gasteiger charge is -2.09. The predicted molar refractivity (Wildman–Crippen MR) is 93.6 cm³/mol. The van der Waals surface area contributed by atoms with Crippen molar-refractivity contribution in [2.24, 2.45) is 0 Å². The molecule has 0 atom stereocenters. The van der Waals surface area contributed by atoms with Gasteiger partial charge in [0.05, 0.1) is 10.6 Å². The summed E-state index contributed by atoms with van der Waals surface area (Å²) in [5.41, 5.74) is 0.467. The number of hydrogen-bond donors (Lipinski definition) is 4. The third-order valence-corrected chi connectivity index (χ3v) is 4.64. The maximum atomic E-state index is 11.0. The van der Waals surface area contributed by atoms with E-state index in [1.54, 1.807) is 0 Å². The fourth-order valence-corrected chi connectivity index (χ4v) is 2.68. The summed E-state index contributed by atoms with van der Waals surface area (Å²) in [6.07, 6.45) is 0.492. The molecular formula is C13H17N5O6S2. The van der Waals surface area contributed by atoms with Crippen molar-refractivity contribution in [1.82, 2.24) is 15.0 Å². The lowest BCUT2D eigenvalue weighted by molar-refractivity contribution is 0.481. The monoisotopic (exact) mass is 403 g/mol. The molecular weight excluding hydrogens is 386 g/mol. The molecule has 11 nitrogen and oxygen atoms in total. The topological polar surface area (TPSA) is 171 Å². The molecule has 13 heteroatoms. The fourth-order valence-electron chi connectivity index (χ4n) is 1.84. The third kappa shape index (κ3) is 6.18. The number of anilines is 3. The molecule has 0 aliphatic rings. The van der Waals surface area contributed by atoms with Crippen molar-refractivity contribution in [3.63, 3.8) is 0 Å². The van der Waals surface area contributed by atoms with Crippen molar-refractivity contribution < 1.29 is 25.9 Å². The van der Waals surface area contributed by atoms with E-state index >= 15 is 0 Å². The van der Waals surface area contributed by atoms with Crippen molar-refractivity contribution in [1.29, 1.82) is 0 Å². The highest BCUT2D eigenvalue weighted by molar-refractivity contribution is 7.86. The van der Waals surface area contributed by atoms with Crippen LogP contribution in [-0.4, -0.2) is 53.2 Å². The van der Waals surface area contributed by atoms with Gasteiger partial charge in [-0.3, -0.25) is 9.11 Å². The normalized spacial score (nSPS) is 12.0. The van der Waals surface area contributed by atoms with Crippen molar-refractivity contribution >= 4 is 37.8 Å². The van der Waals surface area contributed by atoms with E-state index in [0.717, 1.165) is 0 Å². The molecule has 0 saturated heterocycles. The van der Waals surface area contributed by atoms with Crippen molar-refractivity contribution in [2.45, 2.75) is 18.2 Å². The van der Waals surface area contributed by atoms with Gasteiger partial charge in [0.2, 0.25) is 11.9 Å². The number of rotatable bonds is 8. The summed E-state index contributed by atoms with van der Waals surface area (Å²) in [6, 6.07) is 5.27. The number of benzene rings is 1. The van der Waals surface area contributed by atoms with Crippen LogP contribution in [0, 0.1) is 0 Å². The maximum Gasteiger partial charge on any atom is 0.294 e. The van der Waals surface area contributed by atoms with E-state index in [9.17, 15) is 16.8 Å². The first kappa shape index (κ1) is 20.0. The van der Waals surface area contributed by atoms with E-state index in [0.29, 0.717) is 17.9 Å². The third-order valence-electron chi connectivity index (χ3n) is 3.05. The van der Waals surface area contributed by atoms with Crippen molar-refractivity contribution in [2.75, 3.05) is 22.9 Å². The lowest BCUT2D eigenvalue weighted by Crippen LogP contribution is -2.17. The van der Waals surface area contributed by atoms with E-state index in [1.165, 1.54) is 24.3 Å². The minimum atomic E-state index is -4.28. The average Bonchev–Trinajstić information content (AvgIpc) is 2.53. The van der Waals surface area contributed by atoms with E-state index in [-0.39, 0.29) is 23.3 Å². The van der Waals surface area contributed by atoms with Crippen LogP contribution >= 0.6 is 0 Å². The van der Waals surface area contributed by atoms with Gasteiger partial charge in [-0.25, -0.2) is 0 Å². The molecule has 0 bridgehead atoms. The number of hydrogen-bond acceptors (Lipinski definition) is 9. The van der Waals surface area contributed by atoms with Crippen LogP contribution in [0.25, 0.3) is 0 Å². The molecule has 1 aromatic heterocycles. The summed E-state index contributed by atoms with van der Waals surface area (Å²) in [4.78, 5) is 12.1. The van der Waals surface area contributed by atoms with Crippen LogP contribution in [-0.2, 0) is 26.7 Å². The predicted octanol–water partition coefficient (Wildman–Crippen LogP) is 0.724. The Kier molecular flexibility index (Phi) is 6.07. The molecule has 0 aliphatic carbocycles. The van der Waals surface area contributed by atoms with Crippen LogP contribution in [0.15, 0.2) is 29.2 Å². The lowest BCUT2D eigenvalue weighted by atomic mass is 10.3. The Hall–Kier alpha value is -2.35. The second-order valence-corrected chi connectivity index (χ2v) is 8.08. The highest BCUT2D eigenvalue weighted by atomic mass is 32.2. The zero-order valence-electron chi connectivity index (χ0n) is 13.6. The smallest absolute Gasteiger partial charge is 0.294 e. The molecule has 0 saturated carbocycles. The van der Waals surface area contributed by atoms with Crippen LogP contribution < -0.4 is 10.6 Å². The van der Waals surface area contributed by atoms with Gasteiger partial charge in [-0.1, -0.05) is 6.92 Å². The highest BCUT2D eigenvalue weighted by Gasteiger charge is 2.10. The molecule has 0 fully saturated rings. The molecule has 1 aromatic carbocycles. The molecule has 0 amide bonds. The zero-order valence-corrected chi connectivity index (χ0v) is 15.2. The summed E-state index contributed by atoms with van der Waals surface area (Å²) in [5, 5.41) is 5.54. The Labute approximate surface area is 150 Å². The number of aromatic nitrogens is 3. The van der Waals surface area contributed by atoms with Crippen LogP contribution in [0.4, 0.5) is 17.6 Å². The fraction of sp³-hybridized carbons (Fsp3) is 0.308. The Bertz CT molecular complexity index is 977. The molecule has 0 radical (unpaired) electrons. The van der Waals surface area contributed by atoms with E-state index in [1.807, 2.05) is 6.92 Å². The minimum absolute atomic E-state index is 0.0888. The number of aryl methyl sites for hydroxylation is 1. The molecule has 4 N–H and O–H groups in total. The second-order valence-electron chi connectivity index (χ2n) is 5.09. The summed E-state index contributed by atoms with van der Waals surface area (Å²) < 4.78 is 61.2. The summed E-state index contributed by atoms with van der Waals surface area (Å²) in [7, 11) is -8.38. The molecule has 26 heavy (non-hydrogen) atoms. The second kappa shape index (κ2) is 7.90. The first-order chi connectivity index (χ1) is 12.1. The molecule has 2 aromatic rings. The van der Waals surface area contributed by atoms with Gasteiger partial charge in [0.1, 0.15) is 5.82 Å². The van der Waals surface area contributed by atoms with Gasteiger partial charge in [-0.15, -0.1) is 0 Å². The van der Waals surface area contributed by atoms with Crippen LogP contribution in [0.3, 0.4) is 0 Å². The van der Waals surface area contributed by atoms with Gasteiger partial charge in [0, 0.05) is 18.7 Å². The van der Waals surface area contributed by atoms with Crippen LogP contribution in [0.1, 0.15) is 12.7 Å². The first-order valence-electron chi connectivity index (χ1n) is 7.35. The minimum Gasteiger partial charge on any atom is -0.353 e. The van der Waals surface area contributed by atoms with Crippen LogP contribution in [0.5, 0.6) is 0 Å². The molecule has 0 aliphatic heterocycles. The molecule has 0 unspecified atom stereocenters. The van der Waals surface area contributed by atoms with Gasteiger partial charge in [-0.2, -0.15) is 31.8 Å². The quantitative estimate of drug-likeness (QED) is 0.458. The SMILES string of the molecule is CCc1nc(NCCS(=O)(=O)O)nc(Nc2ccc(S(=O)(=O)O)cc2)n1.